The summed E-state index contributed by atoms with van der Waals surface area (Å²) < 4.78 is 37.6. The molecule has 0 unspecified atom stereocenters. The number of aromatic nitrogens is 2. The number of likely N-dealkylation sites (tertiary alicyclic amines) is 1. The lowest BCUT2D eigenvalue weighted by Crippen LogP contribution is -2.42. The number of carbonyl (C=O) groups is 1. The van der Waals surface area contributed by atoms with Crippen molar-refractivity contribution in [3.8, 4) is 0 Å². The van der Waals surface area contributed by atoms with Crippen molar-refractivity contribution in [2.45, 2.75) is 25.4 Å². The van der Waals surface area contributed by atoms with E-state index in [1.54, 1.807) is 0 Å². The van der Waals surface area contributed by atoms with Crippen molar-refractivity contribution in [1.29, 1.82) is 0 Å². The van der Waals surface area contributed by atoms with E-state index in [2.05, 4.69) is 9.97 Å². The highest BCUT2D eigenvalue weighted by atomic mass is 19.4. The zero-order chi connectivity index (χ0) is 17.4. The molecule has 3 heterocycles. The predicted molar refractivity (Wildman–Crippen MR) is 79.6 cm³/mol. The summed E-state index contributed by atoms with van der Waals surface area (Å²) in [7, 11) is 0. The predicted octanol–water partition coefficient (Wildman–Crippen LogP) is 1.87. The molecule has 0 atom stereocenters. The molecule has 2 fully saturated rings. The van der Waals surface area contributed by atoms with Gasteiger partial charge in [-0.2, -0.15) is 13.2 Å². The van der Waals surface area contributed by atoms with Crippen LogP contribution in [0.25, 0.3) is 0 Å². The second-order valence-electron chi connectivity index (χ2n) is 6.61. The van der Waals surface area contributed by atoms with Crippen LogP contribution in [-0.4, -0.2) is 58.7 Å². The number of halogens is 3. The van der Waals surface area contributed by atoms with Crippen LogP contribution in [0.3, 0.4) is 0 Å². The number of hydrogen-bond donors (Lipinski definition) is 1. The number of aliphatic carboxylic acids is 1. The Balaban J connectivity index is 1.58. The minimum Gasteiger partial charge on any atom is -0.480 e. The highest BCUT2D eigenvalue weighted by Crippen LogP contribution is 2.40. The fourth-order valence-electron chi connectivity index (χ4n) is 3.57. The number of carboxylic acids is 1. The van der Waals surface area contributed by atoms with E-state index in [1.165, 1.54) is 0 Å². The molecule has 3 rings (SSSR count). The van der Waals surface area contributed by atoms with Gasteiger partial charge in [-0.25, -0.2) is 9.97 Å². The first kappa shape index (κ1) is 16.9. The quantitative estimate of drug-likeness (QED) is 0.903. The lowest BCUT2D eigenvalue weighted by atomic mass is 9.78. The molecule has 0 radical (unpaired) electrons. The maximum atomic E-state index is 12.5. The SMILES string of the molecule is O=C(O)CN1CCC2(CCN(c3ncc(C(F)(F)F)cn3)CC2)C1. The highest BCUT2D eigenvalue weighted by Gasteiger charge is 2.41. The molecule has 0 amide bonds. The molecule has 6 nitrogen and oxygen atoms in total. The van der Waals surface area contributed by atoms with Crippen molar-refractivity contribution < 1.29 is 23.1 Å². The molecular formula is C15H19F3N4O2. The van der Waals surface area contributed by atoms with Crippen molar-refractivity contribution in [1.82, 2.24) is 14.9 Å². The molecule has 0 saturated carbocycles. The van der Waals surface area contributed by atoms with Gasteiger partial charge in [-0.05, 0) is 31.2 Å². The number of carboxylic acid groups (broad SMARTS) is 1. The first-order valence-electron chi connectivity index (χ1n) is 7.86. The molecule has 1 N–H and O–H groups in total. The van der Waals surface area contributed by atoms with Gasteiger partial charge in [-0.1, -0.05) is 0 Å². The summed E-state index contributed by atoms with van der Waals surface area (Å²) in [5.74, 6) is -0.499. The smallest absolute Gasteiger partial charge is 0.419 e. The Labute approximate surface area is 137 Å². The van der Waals surface area contributed by atoms with E-state index >= 15 is 0 Å². The lowest BCUT2D eigenvalue weighted by molar-refractivity contribution is -0.139. The van der Waals surface area contributed by atoms with Crippen molar-refractivity contribution in [3.63, 3.8) is 0 Å². The summed E-state index contributed by atoms with van der Waals surface area (Å²) in [6, 6.07) is 0. The third-order valence-electron chi connectivity index (χ3n) is 4.95. The fraction of sp³-hybridized carbons (Fsp3) is 0.667. The maximum Gasteiger partial charge on any atom is 0.419 e. The molecule has 132 valence electrons. The van der Waals surface area contributed by atoms with Crippen molar-refractivity contribution in [3.05, 3.63) is 18.0 Å². The molecule has 0 aliphatic carbocycles. The van der Waals surface area contributed by atoms with Gasteiger partial charge < -0.3 is 10.0 Å². The van der Waals surface area contributed by atoms with Gasteiger partial charge in [0, 0.05) is 32.0 Å². The van der Waals surface area contributed by atoms with E-state index < -0.39 is 17.7 Å². The Kier molecular flexibility index (Phi) is 4.37. The number of hydrogen-bond acceptors (Lipinski definition) is 5. The van der Waals surface area contributed by atoms with E-state index in [4.69, 9.17) is 5.11 Å². The van der Waals surface area contributed by atoms with Gasteiger partial charge in [0.05, 0.1) is 12.1 Å². The van der Waals surface area contributed by atoms with Crippen LogP contribution in [0.15, 0.2) is 12.4 Å². The Hall–Kier alpha value is -1.90. The molecule has 2 aliphatic rings. The molecule has 1 spiro atoms. The third-order valence-corrected chi connectivity index (χ3v) is 4.95. The van der Waals surface area contributed by atoms with Gasteiger partial charge in [0.15, 0.2) is 0 Å². The van der Waals surface area contributed by atoms with E-state index in [0.29, 0.717) is 19.0 Å². The third kappa shape index (κ3) is 3.61. The Morgan fingerprint density at radius 1 is 1.17 bits per heavy atom. The van der Waals surface area contributed by atoms with E-state index in [0.717, 1.165) is 44.7 Å². The van der Waals surface area contributed by atoms with Gasteiger partial charge in [0.25, 0.3) is 0 Å². The van der Waals surface area contributed by atoms with E-state index in [9.17, 15) is 18.0 Å². The zero-order valence-electron chi connectivity index (χ0n) is 13.1. The topological polar surface area (TPSA) is 69.6 Å². The second kappa shape index (κ2) is 6.19. The first-order valence-corrected chi connectivity index (χ1v) is 7.86. The minimum absolute atomic E-state index is 0.0630. The van der Waals surface area contributed by atoms with Gasteiger partial charge in [0.1, 0.15) is 0 Å². The van der Waals surface area contributed by atoms with E-state index in [-0.39, 0.29) is 12.0 Å². The van der Waals surface area contributed by atoms with Crippen LogP contribution in [0.5, 0.6) is 0 Å². The number of rotatable bonds is 3. The van der Waals surface area contributed by atoms with Gasteiger partial charge in [0.2, 0.25) is 5.95 Å². The van der Waals surface area contributed by atoms with Crippen molar-refractivity contribution in [2.75, 3.05) is 37.6 Å². The molecule has 2 saturated heterocycles. The maximum absolute atomic E-state index is 12.5. The number of piperidine rings is 1. The molecular weight excluding hydrogens is 325 g/mol. The minimum atomic E-state index is -4.43. The van der Waals surface area contributed by atoms with Crippen LogP contribution in [0.1, 0.15) is 24.8 Å². The van der Waals surface area contributed by atoms with Crippen LogP contribution in [0.2, 0.25) is 0 Å². The monoisotopic (exact) mass is 344 g/mol. The number of alkyl halides is 3. The first-order chi connectivity index (χ1) is 11.3. The summed E-state index contributed by atoms with van der Waals surface area (Å²) in [6.07, 6.45) is -0.0985. The molecule has 0 aromatic carbocycles. The summed E-state index contributed by atoms with van der Waals surface area (Å²) in [4.78, 5) is 22.3. The van der Waals surface area contributed by atoms with Crippen LogP contribution in [0, 0.1) is 5.41 Å². The van der Waals surface area contributed by atoms with Crippen LogP contribution in [-0.2, 0) is 11.0 Å². The average Bonchev–Trinajstić information content (AvgIpc) is 2.89. The highest BCUT2D eigenvalue weighted by molar-refractivity contribution is 5.69. The summed E-state index contributed by atoms with van der Waals surface area (Å²) in [5, 5.41) is 8.88. The molecule has 1 aromatic heterocycles. The number of nitrogens with zero attached hydrogens (tertiary/aromatic N) is 4. The van der Waals surface area contributed by atoms with Gasteiger partial charge in [-0.3, -0.25) is 9.69 Å². The number of anilines is 1. The fourth-order valence-corrected chi connectivity index (χ4v) is 3.57. The van der Waals surface area contributed by atoms with Crippen molar-refractivity contribution in [2.24, 2.45) is 5.41 Å². The molecule has 9 heteroatoms. The standard InChI is InChI=1S/C15H19F3N4O2/c16-15(17,18)11-7-19-13(20-8-11)22-5-2-14(3-6-22)1-4-21(10-14)9-12(23)24/h7-8H,1-6,9-10H2,(H,23,24). The lowest BCUT2D eigenvalue weighted by Gasteiger charge is -2.39. The zero-order valence-corrected chi connectivity index (χ0v) is 13.1. The summed E-state index contributed by atoms with van der Waals surface area (Å²) in [6.45, 7) is 2.95. The van der Waals surface area contributed by atoms with Crippen LogP contribution < -0.4 is 4.90 Å². The molecule has 0 bridgehead atoms. The molecule has 2 aliphatic heterocycles. The largest absolute Gasteiger partial charge is 0.480 e. The summed E-state index contributed by atoms with van der Waals surface area (Å²) in [5.41, 5.74) is -0.738. The van der Waals surface area contributed by atoms with Crippen molar-refractivity contribution >= 4 is 11.9 Å². The van der Waals surface area contributed by atoms with Gasteiger partial charge >= 0.3 is 12.1 Å². The Morgan fingerprint density at radius 3 is 2.29 bits per heavy atom. The average molecular weight is 344 g/mol. The molecule has 1 aromatic rings. The van der Waals surface area contributed by atoms with Crippen LogP contribution in [0.4, 0.5) is 19.1 Å². The summed E-state index contributed by atoms with van der Waals surface area (Å²) >= 11 is 0. The van der Waals surface area contributed by atoms with Crippen LogP contribution >= 0.6 is 0 Å². The molecule has 24 heavy (non-hydrogen) atoms. The normalized spacial score (nSPS) is 21.4. The Morgan fingerprint density at radius 2 is 1.75 bits per heavy atom. The Bertz CT molecular complexity index is 598. The van der Waals surface area contributed by atoms with E-state index in [1.807, 2.05) is 9.80 Å². The second-order valence-corrected chi connectivity index (χ2v) is 6.61. The van der Waals surface area contributed by atoms with Gasteiger partial charge in [-0.15, -0.1) is 0 Å².